The third-order valence-electron chi connectivity index (χ3n) is 4.09. The number of rotatable bonds is 3. The number of nitrogens with two attached hydrogens (primary N) is 1. The van der Waals surface area contributed by atoms with Crippen LogP contribution < -0.4 is 5.73 Å². The maximum Gasteiger partial charge on any atom is 0.358 e. The second-order valence-electron chi connectivity index (χ2n) is 5.97. The molecule has 3 unspecified atom stereocenters. The predicted molar refractivity (Wildman–Crippen MR) is 73.5 cm³/mol. The number of anilines is 1. The van der Waals surface area contributed by atoms with Crippen molar-refractivity contribution in [2.75, 3.05) is 5.73 Å². The van der Waals surface area contributed by atoms with Gasteiger partial charge in [-0.3, -0.25) is 5.10 Å². The Morgan fingerprint density at radius 3 is 2.84 bits per heavy atom. The minimum absolute atomic E-state index is 0.0149. The highest BCUT2D eigenvalue weighted by molar-refractivity contribution is 5.92. The first-order valence-electron chi connectivity index (χ1n) is 6.98. The summed E-state index contributed by atoms with van der Waals surface area (Å²) in [5, 5.41) is 6.35. The molecule has 0 spiro atoms. The maximum absolute atomic E-state index is 12.1. The quantitative estimate of drug-likeness (QED) is 0.823. The molecule has 0 bridgehead atoms. The van der Waals surface area contributed by atoms with Gasteiger partial charge in [0, 0.05) is 0 Å². The average Bonchev–Trinajstić information content (AvgIpc) is 2.75. The summed E-state index contributed by atoms with van der Waals surface area (Å²) < 4.78 is 5.67. The molecule has 1 aliphatic rings. The Kier molecular flexibility index (Phi) is 4.12. The lowest BCUT2D eigenvalue weighted by Crippen LogP contribution is -2.36. The van der Waals surface area contributed by atoms with Gasteiger partial charge in [-0.25, -0.2) is 4.79 Å². The summed E-state index contributed by atoms with van der Waals surface area (Å²) in [5.74, 6) is 1.17. The van der Waals surface area contributed by atoms with E-state index in [0.717, 1.165) is 12.8 Å². The second-order valence-corrected chi connectivity index (χ2v) is 5.97. The van der Waals surface area contributed by atoms with Crippen LogP contribution >= 0.6 is 0 Å². The van der Waals surface area contributed by atoms with Crippen molar-refractivity contribution in [1.29, 1.82) is 0 Å². The molecule has 5 heteroatoms. The SMILES string of the molecule is CC1CCC(C(C)C)C(OC(=O)c2[nH]ncc2N)C1. The lowest BCUT2D eigenvalue weighted by molar-refractivity contribution is -0.0178. The van der Waals surface area contributed by atoms with E-state index >= 15 is 0 Å². The fourth-order valence-corrected chi connectivity index (χ4v) is 2.91. The summed E-state index contributed by atoms with van der Waals surface area (Å²) in [7, 11) is 0. The first-order valence-corrected chi connectivity index (χ1v) is 6.98. The van der Waals surface area contributed by atoms with Crippen molar-refractivity contribution in [3.05, 3.63) is 11.9 Å². The molecule has 1 aromatic heterocycles. The van der Waals surface area contributed by atoms with E-state index < -0.39 is 0 Å². The zero-order valence-electron chi connectivity index (χ0n) is 11.8. The average molecular weight is 265 g/mol. The van der Waals surface area contributed by atoms with Crippen LogP contribution in [0.1, 0.15) is 50.5 Å². The summed E-state index contributed by atoms with van der Waals surface area (Å²) in [6.07, 6.45) is 4.68. The first kappa shape index (κ1) is 13.9. The fraction of sp³-hybridized carbons (Fsp3) is 0.714. The van der Waals surface area contributed by atoms with Crippen molar-refractivity contribution < 1.29 is 9.53 Å². The molecule has 0 aliphatic heterocycles. The van der Waals surface area contributed by atoms with Gasteiger partial charge in [0.05, 0.1) is 11.9 Å². The fourth-order valence-electron chi connectivity index (χ4n) is 2.91. The molecule has 3 N–H and O–H groups in total. The van der Waals surface area contributed by atoms with Gasteiger partial charge in [0.25, 0.3) is 0 Å². The van der Waals surface area contributed by atoms with Crippen LogP contribution in [0.15, 0.2) is 6.20 Å². The maximum atomic E-state index is 12.1. The molecule has 0 amide bonds. The largest absolute Gasteiger partial charge is 0.457 e. The van der Waals surface area contributed by atoms with E-state index in [4.69, 9.17) is 10.5 Å². The smallest absolute Gasteiger partial charge is 0.358 e. The summed E-state index contributed by atoms with van der Waals surface area (Å²) >= 11 is 0. The number of hydrogen-bond donors (Lipinski definition) is 2. The minimum atomic E-state index is -0.389. The van der Waals surface area contributed by atoms with E-state index in [-0.39, 0.29) is 17.8 Å². The van der Waals surface area contributed by atoms with Gasteiger partial charge in [-0.2, -0.15) is 5.10 Å². The highest BCUT2D eigenvalue weighted by atomic mass is 16.5. The molecule has 3 atom stereocenters. The number of ether oxygens (including phenoxy) is 1. The number of aromatic nitrogens is 2. The molecular weight excluding hydrogens is 242 g/mol. The van der Waals surface area contributed by atoms with Crippen molar-refractivity contribution in [2.24, 2.45) is 17.8 Å². The van der Waals surface area contributed by atoms with E-state index in [1.807, 2.05) is 0 Å². The molecule has 0 saturated heterocycles. The lowest BCUT2D eigenvalue weighted by atomic mass is 9.75. The monoisotopic (exact) mass is 265 g/mol. The van der Waals surface area contributed by atoms with Crippen LogP contribution in [0.4, 0.5) is 5.69 Å². The Labute approximate surface area is 113 Å². The summed E-state index contributed by atoms with van der Waals surface area (Å²) in [6, 6.07) is 0. The van der Waals surface area contributed by atoms with Crippen LogP contribution in [0, 0.1) is 17.8 Å². The molecule has 1 aromatic rings. The number of hydrogen-bond acceptors (Lipinski definition) is 4. The van der Waals surface area contributed by atoms with Gasteiger partial charge in [-0.05, 0) is 30.6 Å². The van der Waals surface area contributed by atoms with Gasteiger partial charge >= 0.3 is 5.97 Å². The van der Waals surface area contributed by atoms with Crippen molar-refractivity contribution in [2.45, 2.75) is 46.1 Å². The molecule has 1 saturated carbocycles. The van der Waals surface area contributed by atoms with Gasteiger partial charge < -0.3 is 10.5 Å². The first-order chi connectivity index (χ1) is 8.99. The molecule has 106 valence electrons. The molecule has 5 nitrogen and oxygen atoms in total. The van der Waals surface area contributed by atoms with Crippen molar-refractivity contribution in [1.82, 2.24) is 10.2 Å². The molecule has 0 aromatic carbocycles. The Balaban J connectivity index is 2.07. The number of carbonyl (C=O) groups is 1. The Hall–Kier alpha value is -1.52. The van der Waals surface area contributed by atoms with Gasteiger partial charge in [0.15, 0.2) is 5.69 Å². The Bertz CT molecular complexity index is 442. The van der Waals surface area contributed by atoms with E-state index in [1.54, 1.807) is 0 Å². The zero-order chi connectivity index (χ0) is 14.0. The van der Waals surface area contributed by atoms with E-state index in [2.05, 4.69) is 31.0 Å². The lowest BCUT2D eigenvalue weighted by Gasteiger charge is -2.36. The van der Waals surface area contributed by atoms with E-state index in [1.165, 1.54) is 12.6 Å². The second kappa shape index (κ2) is 5.63. The van der Waals surface area contributed by atoms with Crippen LogP contribution in [0.5, 0.6) is 0 Å². The Morgan fingerprint density at radius 1 is 1.53 bits per heavy atom. The van der Waals surface area contributed by atoms with Crippen LogP contribution in [-0.2, 0) is 4.74 Å². The number of aromatic amines is 1. The Morgan fingerprint density at radius 2 is 2.26 bits per heavy atom. The molecule has 1 heterocycles. The highest BCUT2D eigenvalue weighted by Gasteiger charge is 2.34. The predicted octanol–water partition coefficient (Wildman–Crippen LogP) is 2.61. The number of nitrogens with zero attached hydrogens (tertiary/aromatic N) is 1. The highest BCUT2D eigenvalue weighted by Crippen LogP contribution is 2.35. The van der Waals surface area contributed by atoms with E-state index in [9.17, 15) is 4.79 Å². The number of nitrogens with one attached hydrogen (secondary N) is 1. The number of carbonyl (C=O) groups excluding carboxylic acids is 1. The molecule has 0 radical (unpaired) electrons. The summed E-state index contributed by atoms with van der Waals surface area (Å²) in [5.41, 5.74) is 6.28. The molecule has 1 aliphatic carbocycles. The molecular formula is C14H23N3O2. The van der Waals surface area contributed by atoms with Crippen molar-refractivity contribution >= 4 is 11.7 Å². The third kappa shape index (κ3) is 3.08. The minimum Gasteiger partial charge on any atom is -0.457 e. The topological polar surface area (TPSA) is 81.0 Å². The standard InChI is InChI=1S/C14H23N3O2/c1-8(2)10-5-4-9(3)6-12(10)19-14(18)13-11(15)7-16-17-13/h7-10,12H,4-6,15H2,1-3H3,(H,16,17). The molecule has 2 rings (SSSR count). The van der Waals surface area contributed by atoms with Crippen LogP contribution in [0.2, 0.25) is 0 Å². The van der Waals surface area contributed by atoms with Gasteiger partial charge in [0.1, 0.15) is 6.10 Å². The van der Waals surface area contributed by atoms with Gasteiger partial charge in [0.2, 0.25) is 0 Å². The van der Waals surface area contributed by atoms with Crippen LogP contribution in [0.25, 0.3) is 0 Å². The van der Waals surface area contributed by atoms with Crippen molar-refractivity contribution in [3.63, 3.8) is 0 Å². The molecule has 19 heavy (non-hydrogen) atoms. The van der Waals surface area contributed by atoms with Crippen molar-refractivity contribution in [3.8, 4) is 0 Å². The van der Waals surface area contributed by atoms with Crippen LogP contribution in [-0.4, -0.2) is 22.3 Å². The molecule has 1 fully saturated rings. The van der Waals surface area contributed by atoms with Gasteiger partial charge in [-0.1, -0.05) is 27.2 Å². The summed E-state index contributed by atoms with van der Waals surface area (Å²) in [4.78, 5) is 12.1. The van der Waals surface area contributed by atoms with Crippen LogP contribution in [0.3, 0.4) is 0 Å². The van der Waals surface area contributed by atoms with E-state index in [0.29, 0.717) is 23.4 Å². The normalized spacial score (nSPS) is 27.5. The zero-order valence-corrected chi connectivity index (χ0v) is 11.8. The summed E-state index contributed by atoms with van der Waals surface area (Å²) in [6.45, 7) is 6.58. The number of esters is 1. The number of H-pyrrole nitrogens is 1. The van der Waals surface area contributed by atoms with Gasteiger partial charge in [-0.15, -0.1) is 0 Å². The number of nitrogen functional groups attached to an aromatic ring is 1. The third-order valence-corrected chi connectivity index (χ3v) is 4.09.